The van der Waals surface area contributed by atoms with E-state index >= 15 is 0 Å². The van der Waals surface area contributed by atoms with E-state index in [4.69, 9.17) is 5.73 Å². The van der Waals surface area contributed by atoms with Crippen LogP contribution in [0.1, 0.15) is 17.3 Å². The van der Waals surface area contributed by atoms with Crippen LogP contribution in [-0.2, 0) is 4.79 Å². The maximum atomic E-state index is 12.0. The molecule has 0 unspecified atom stereocenters. The largest absolute Gasteiger partial charge is 0.366 e. The standard InChI is InChI=1S/C15H15N3O4/c1-3-11(5-4-10(2)18(21)22)15(20)17-13-8-6-12(7-9-13)14(16)19/h3-9H,2H2,1H3,(H2,16,19)(H,17,20)/b5-4-,11-3+. The van der Waals surface area contributed by atoms with Crippen molar-refractivity contribution in [1.29, 1.82) is 0 Å². The molecule has 0 aliphatic rings. The van der Waals surface area contributed by atoms with Crippen LogP contribution in [0.5, 0.6) is 0 Å². The van der Waals surface area contributed by atoms with Gasteiger partial charge in [-0.05, 0) is 43.8 Å². The fourth-order valence-corrected chi connectivity index (χ4v) is 1.47. The number of benzene rings is 1. The Hall–Kier alpha value is -3.22. The van der Waals surface area contributed by atoms with Gasteiger partial charge in [-0.2, -0.15) is 0 Å². The van der Waals surface area contributed by atoms with Crippen molar-refractivity contribution in [1.82, 2.24) is 0 Å². The monoisotopic (exact) mass is 301 g/mol. The molecule has 7 heteroatoms. The highest BCUT2D eigenvalue weighted by molar-refractivity contribution is 6.06. The number of carbonyl (C=O) groups excluding carboxylic acids is 2. The summed E-state index contributed by atoms with van der Waals surface area (Å²) < 4.78 is 0. The smallest absolute Gasteiger partial charge is 0.262 e. The van der Waals surface area contributed by atoms with Crippen molar-refractivity contribution in [2.45, 2.75) is 6.92 Å². The minimum absolute atomic E-state index is 0.238. The molecule has 0 aromatic heterocycles. The highest BCUT2D eigenvalue weighted by Crippen LogP contribution is 2.11. The molecule has 1 rings (SSSR count). The Morgan fingerprint density at radius 2 is 1.86 bits per heavy atom. The number of rotatable bonds is 6. The molecule has 0 fully saturated rings. The number of nitro groups is 1. The first-order chi connectivity index (χ1) is 10.3. The van der Waals surface area contributed by atoms with Gasteiger partial charge in [0.1, 0.15) is 0 Å². The number of primary amides is 1. The summed E-state index contributed by atoms with van der Waals surface area (Å²) in [5.41, 5.74) is 5.83. The first-order valence-corrected chi connectivity index (χ1v) is 6.24. The molecule has 0 saturated carbocycles. The summed E-state index contributed by atoms with van der Waals surface area (Å²) in [6.07, 6.45) is 3.96. The van der Waals surface area contributed by atoms with Crippen molar-refractivity contribution >= 4 is 17.5 Å². The van der Waals surface area contributed by atoms with Gasteiger partial charge in [0.15, 0.2) is 0 Å². The van der Waals surface area contributed by atoms with Gasteiger partial charge in [0.2, 0.25) is 5.91 Å². The Balaban J connectivity index is 2.79. The third-order valence-corrected chi connectivity index (χ3v) is 2.69. The topological polar surface area (TPSA) is 115 Å². The lowest BCUT2D eigenvalue weighted by Gasteiger charge is -2.06. The second-order valence-corrected chi connectivity index (χ2v) is 4.22. The van der Waals surface area contributed by atoms with Crippen LogP contribution in [0.15, 0.2) is 60.3 Å². The van der Waals surface area contributed by atoms with Gasteiger partial charge >= 0.3 is 0 Å². The molecular formula is C15H15N3O4. The van der Waals surface area contributed by atoms with Gasteiger partial charge in [-0.15, -0.1) is 0 Å². The first-order valence-electron chi connectivity index (χ1n) is 6.24. The Bertz CT molecular complexity index is 673. The van der Waals surface area contributed by atoms with Crippen molar-refractivity contribution in [3.05, 3.63) is 76.0 Å². The number of nitrogens with two attached hydrogens (primary N) is 1. The maximum Gasteiger partial charge on any atom is 0.262 e. The van der Waals surface area contributed by atoms with E-state index in [1.54, 1.807) is 6.92 Å². The number of carbonyl (C=O) groups is 2. The van der Waals surface area contributed by atoms with Gasteiger partial charge in [0.25, 0.3) is 11.6 Å². The summed E-state index contributed by atoms with van der Waals surface area (Å²) in [5.74, 6) is -1.00. The SMILES string of the molecule is C=C(/C=C\C(=C/C)C(=O)Nc1ccc(C(N)=O)cc1)[N+](=O)[O-]. The predicted octanol–water partition coefficient (Wildman–Crippen LogP) is 2.02. The fraction of sp³-hybridized carbons (Fsp3) is 0.0667. The second-order valence-electron chi connectivity index (χ2n) is 4.22. The van der Waals surface area contributed by atoms with Crippen LogP contribution < -0.4 is 11.1 Å². The van der Waals surface area contributed by atoms with Gasteiger partial charge in [-0.25, -0.2) is 0 Å². The average Bonchev–Trinajstić information content (AvgIpc) is 2.48. The Kier molecular flexibility index (Phi) is 5.76. The summed E-state index contributed by atoms with van der Waals surface area (Å²) in [5, 5.41) is 13.0. The molecule has 7 nitrogen and oxygen atoms in total. The van der Waals surface area contributed by atoms with Crippen molar-refractivity contribution in [2.24, 2.45) is 5.73 Å². The summed E-state index contributed by atoms with van der Waals surface area (Å²) in [6, 6.07) is 6.03. The molecule has 0 aliphatic carbocycles. The number of allylic oxidation sites excluding steroid dienone is 2. The molecule has 2 amide bonds. The lowest BCUT2D eigenvalue weighted by atomic mass is 10.1. The maximum absolute atomic E-state index is 12.0. The number of nitrogens with one attached hydrogen (secondary N) is 1. The van der Waals surface area contributed by atoms with E-state index in [9.17, 15) is 19.7 Å². The zero-order valence-electron chi connectivity index (χ0n) is 11.9. The van der Waals surface area contributed by atoms with Crippen molar-refractivity contribution in [3.63, 3.8) is 0 Å². The van der Waals surface area contributed by atoms with Gasteiger partial charge < -0.3 is 11.1 Å². The zero-order chi connectivity index (χ0) is 16.7. The van der Waals surface area contributed by atoms with E-state index < -0.39 is 16.7 Å². The fourth-order valence-electron chi connectivity index (χ4n) is 1.47. The van der Waals surface area contributed by atoms with Gasteiger partial charge in [0, 0.05) is 22.9 Å². The molecule has 0 atom stereocenters. The number of hydrogen-bond acceptors (Lipinski definition) is 4. The minimum atomic E-state index is -0.649. The van der Waals surface area contributed by atoms with Crippen LogP contribution in [0.4, 0.5) is 5.69 Å². The normalized spacial score (nSPS) is 11.2. The predicted molar refractivity (Wildman–Crippen MR) is 82.6 cm³/mol. The third-order valence-electron chi connectivity index (χ3n) is 2.69. The van der Waals surface area contributed by atoms with Crippen LogP contribution in [-0.4, -0.2) is 16.7 Å². The lowest BCUT2D eigenvalue weighted by Crippen LogP contribution is -2.14. The molecule has 3 N–H and O–H groups in total. The number of hydrogen-bond donors (Lipinski definition) is 2. The lowest BCUT2D eigenvalue weighted by molar-refractivity contribution is -0.418. The molecule has 114 valence electrons. The molecule has 1 aromatic carbocycles. The third kappa shape index (κ3) is 4.71. The van der Waals surface area contributed by atoms with Crippen LogP contribution in [0.2, 0.25) is 0 Å². The molecule has 0 radical (unpaired) electrons. The summed E-state index contributed by atoms with van der Waals surface area (Å²) in [7, 11) is 0. The number of amides is 2. The van der Waals surface area contributed by atoms with E-state index in [-0.39, 0.29) is 11.3 Å². The van der Waals surface area contributed by atoms with Crippen LogP contribution in [0.25, 0.3) is 0 Å². The molecular weight excluding hydrogens is 286 g/mol. The number of nitrogens with zero attached hydrogens (tertiary/aromatic N) is 1. The number of anilines is 1. The summed E-state index contributed by atoms with van der Waals surface area (Å²) in [4.78, 5) is 32.8. The van der Waals surface area contributed by atoms with Gasteiger partial charge in [0.05, 0.1) is 4.92 Å². The van der Waals surface area contributed by atoms with Crippen LogP contribution in [0.3, 0.4) is 0 Å². The van der Waals surface area contributed by atoms with Crippen LogP contribution >= 0.6 is 0 Å². The van der Waals surface area contributed by atoms with Gasteiger partial charge in [-0.1, -0.05) is 6.08 Å². The Morgan fingerprint density at radius 1 is 1.27 bits per heavy atom. The molecule has 0 aliphatic heterocycles. The summed E-state index contributed by atoms with van der Waals surface area (Å²) >= 11 is 0. The molecule has 0 bridgehead atoms. The van der Waals surface area contributed by atoms with E-state index in [2.05, 4.69) is 11.9 Å². The molecule has 1 aromatic rings. The van der Waals surface area contributed by atoms with Crippen molar-refractivity contribution in [3.8, 4) is 0 Å². The summed E-state index contributed by atoms with van der Waals surface area (Å²) in [6.45, 7) is 4.87. The Morgan fingerprint density at radius 3 is 2.32 bits per heavy atom. The molecule has 0 saturated heterocycles. The second kappa shape index (κ2) is 7.53. The average molecular weight is 301 g/mol. The zero-order valence-corrected chi connectivity index (χ0v) is 11.9. The Labute approximate surface area is 127 Å². The molecule has 22 heavy (non-hydrogen) atoms. The van der Waals surface area contributed by atoms with Crippen molar-refractivity contribution in [2.75, 3.05) is 5.32 Å². The quantitative estimate of drug-likeness (QED) is 0.362. The molecule has 0 spiro atoms. The first kappa shape index (κ1) is 16.8. The van der Waals surface area contributed by atoms with E-state index in [1.807, 2.05) is 0 Å². The molecule has 0 heterocycles. The van der Waals surface area contributed by atoms with Gasteiger partial charge in [-0.3, -0.25) is 19.7 Å². The van der Waals surface area contributed by atoms with E-state index in [1.165, 1.54) is 36.4 Å². The highest BCUT2D eigenvalue weighted by Gasteiger charge is 2.08. The highest BCUT2D eigenvalue weighted by atomic mass is 16.6. The van der Waals surface area contributed by atoms with E-state index in [0.29, 0.717) is 11.3 Å². The van der Waals surface area contributed by atoms with E-state index in [0.717, 1.165) is 6.08 Å². The van der Waals surface area contributed by atoms with Crippen LogP contribution in [0, 0.1) is 10.1 Å². The van der Waals surface area contributed by atoms with Crippen molar-refractivity contribution < 1.29 is 14.5 Å². The minimum Gasteiger partial charge on any atom is -0.366 e.